The Bertz CT molecular complexity index is 3130. The standard InChI is InChI=1S/C27H33N2O6P.C22H25N2O4P.C8H13N2O4P.C2HF3O2.C2H6O.CH2Cl2.CH4/c1-27(2,3)35-26(30)29-25(17-24-15-10-16-28-18-24)21-34-36(31,32-19-22-11-6-4-7-12-22)33-20-23-13-8-5-9-14-23;23-22(14-21-12-7-13-24-15-21)18-28-29(25,26-16-19-8-3-1-4-9-19)27-17-20-10-5-2-6-11-20;9-8(6-14-15(11,12)13)4-7-2-1-3-10-5-7;3-2(4,5)1(6)7;1-2-3;2-1-3;/h4-16,18,25H,17,19-21H2,1-3H3,(H,29,30);1-13,15,22H,14,16-18,23H2;1-3,5,8H,4,6,9H2,(H2,11,12,13);(H,6,7);3H,2H2,1H3;1H2;1H4/t25-;22-;8-;;;;/m111..../s1. The van der Waals surface area contributed by atoms with Gasteiger partial charge in [-0.05, 0) is 104 Å². The van der Waals surface area contributed by atoms with Gasteiger partial charge in [0.25, 0.3) is 0 Å². The number of alkyl halides is 5. The Kier molecular flexibility index (Phi) is 43.3. The van der Waals surface area contributed by atoms with Gasteiger partial charge in [-0.25, -0.2) is 23.3 Å². The van der Waals surface area contributed by atoms with E-state index in [1.807, 2.05) is 146 Å². The molecule has 0 fully saturated rings. The highest BCUT2D eigenvalue weighted by Gasteiger charge is 2.38. The van der Waals surface area contributed by atoms with Crippen LogP contribution in [-0.2, 0) is 101 Å². The van der Waals surface area contributed by atoms with Gasteiger partial charge in [0.1, 0.15) is 5.60 Å². The van der Waals surface area contributed by atoms with Gasteiger partial charge >= 0.3 is 41.7 Å². The minimum absolute atomic E-state index is 0. The summed E-state index contributed by atoms with van der Waals surface area (Å²) < 4.78 is 112. The second kappa shape index (κ2) is 47.5. The second-order valence-electron chi connectivity index (χ2n) is 20.1. The molecule has 0 radical (unpaired) electrons. The lowest BCUT2D eigenvalue weighted by Gasteiger charge is -2.25. The van der Waals surface area contributed by atoms with E-state index in [-0.39, 0.29) is 71.7 Å². The average molecular weight is 1420 g/mol. The van der Waals surface area contributed by atoms with E-state index in [1.165, 1.54) is 0 Å². The van der Waals surface area contributed by atoms with Gasteiger partial charge in [0.05, 0.1) is 57.6 Å². The van der Waals surface area contributed by atoms with Crippen molar-refractivity contribution in [3.63, 3.8) is 0 Å². The number of rotatable bonds is 28. The number of carbonyl (C=O) groups excluding carboxylic acids is 1. The fourth-order valence-corrected chi connectivity index (χ4v) is 9.68. The Morgan fingerprint density at radius 3 is 1.06 bits per heavy atom. The number of nitrogens with one attached hydrogen (secondary N) is 1. The molecule has 3 aromatic heterocycles. The Labute approximate surface area is 557 Å². The predicted octanol–water partition coefficient (Wildman–Crippen LogP) is 13.3. The zero-order valence-electron chi connectivity index (χ0n) is 51.5. The molecule has 94 heavy (non-hydrogen) atoms. The van der Waals surface area contributed by atoms with Crippen LogP contribution in [-0.4, -0.2) is 109 Å². The quantitative estimate of drug-likeness (QED) is 0.0177. The van der Waals surface area contributed by atoms with Crippen LogP contribution in [0.15, 0.2) is 195 Å². The van der Waals surface area contributed by atoms with Gasteiger partial charge in [0.15, 0.2) is 0 Å². The highest BCUT2D eigenvalue weighted by Crippen LogP contribution is 2.52. The first-order valence-electron chi connectivity index (χ1n) is 28.2. The Morgan fingerprint density at radius 2 is 0.798 bits per heavy atom. The van der Waals surface area contributed by atoms with Crippen molar-refractivity contribution in [3.8, 4) is 0 Å². The van der Waals surface area contributed by atoms with Crippen molar-refractivity contribution in [2.24, 2.45) is 11.5 Å². The highest BCUT2D eigenvalue weighted by molar-refractivity contribution is 7.48. The molecule has 31 heteroatoms. The molecule has 0 aliphatic rings. The molecule has 0 unspecified atom stereocenters. The van der Waals surface area contributed by atoms with Crippen LogP contribution in [0.25, 0.3) is 0 Å². The number of pyridine rings is 3. The minimum Gasteiger partial charge on any atom is -0.475 e. The molecule has 1 amide bonds. The van der Waals surface area contributed by atoms with Crippen molar-refractivity contribution < 1.29 is 92.9 Å². The number of hydrogen-bond acceptors (Lipinski definition) is 19. The summed E-state index contributed by atoms with van der Waals surface area (Å²) in [5.74, 6) is -2.76. The SMILES string of the molecule is C.CC(C)(C)OC(=O)N[C@@H](COP(=O)(OCc1ccccc1)OCc1ccccc1)Cc1cccnc1.CCO.ClCCl.N[C@@H](COP(=O)(O)O)Cc1cccnc1.N[C@@H](COP(=O)(OCc1ccccc1)OCc1ccccc1)Cc1cccnc1.O=C(O)C(F)(F)F. The van der Waals surface area contributed by atoms with Gasteiger partial charge in [-0.3, -0.25) is 46.6 Å². The summed E-state index contributed by atoms with van der Waals surface area (Å²) in [6.45, 7) is 7.31. The first kappa shape index (κ1) is 85.7. The summed E-state index contributed by atoms with van der Waals surface area (Å²) in [6, 6.07) is 47.2. The van der Waals surface area contributed by atoms with E-state index < -0.39 is 59.4 Å². The van der Waals surface area contributed by atoms with Crippen LogP contribution in [0.3, 0.4) is 0 Å². The largest absolute Gasteiger partial charge is 0.490 e. The molecule has 518 valence electrons. The molecule has 0 spiro atoms. The zero-order chi connectivity index (χ0) is 69.0. The molecule has 0 aliphatic carbocycles. The number of hydrogen-bond donors (Lipinski definition) is 7. The number of carboxylic acids is 1. The summed E-state index contributed by atoms with van der Waals surface area (Å²) in [6.07, 6.45) is 5.80. The van der Waals surface area contributed by atoms with Crippen LogP contribution in [0.4, 0.5) is 18.0 Å². The molecule has 7 aromatic rings. The van der Waals surface area contributed by atoms with Gasteiger partial charge in [0, 0.05) is 55.9 Å². The summed E-state index contributed by atoms with van der Waals surface area (Å²) in [5, 5.41) is 17.7. The van der Waals surface area contributed by atoms with E-state index in [9.17, 15) is 31.7 Å². The summed E-state index contributed by atoms with van der Waals surface area (Å²) >= 11 is 9.53. The number of ether oxygens (including phenoxy) is 1. The number of aliphatic hydroxyl groups is 1. The lowest BCUT2D eigenvalue weighted by molar-refractivity contribution is -0.192. The lowest BCUT2D eigenvalue weighted by Crippen LogP contribution is -2.42. The number of amides is 1. The van der Waals surface area contributed by atoms with E-state index in [0.717, 1.165) is 38.9 Å². The van der Waals surface area contributed by atoms with Gasteiger partial charge < -0.3 is 41.5 Å². The van der Waals surface area contributed by atoms with Gasteiger partial charge in [-0.1, -0.05) is 147 Å². The molecule has 0 bridgehead atoms. The first-order chi connectivity index (χ1) is 44.1. The molecule has 23 nitrogen and oxygen atoms in total. The number of aliphatic carboxylic acids is 1. The van der Waals surface area contributed by atoms with Crippen molar-refractivity contribution >= 4 is 58.7 Å². The number of aliphatic hydroxyl groups excluding tert-OH is 1. The van der Waals surface area contributed by atoms with Crippen LogP contribution < -0.4 is 16.8 Å². The van der Waals surface area contributed by atoms with Crippen LogP contribution in [0.5, 0.6) is 0 Å². The summed E-state index contributed by atoms with van der Waals surface area (Å²) in [5.41, 5.74) is 17.2. The maximum absolute atomic E-state index is 13.6. The fraction of sp³-hybridized carbons (Fsp3) is 0.349. The van der Waals surface area contributed by atoms with Crippen LogP contribution >= 0.6 is 46.7 Å². The maximum Gasteiger partial charge on any atom is 0.490 e. The summed E-state index contributed by atoms with van der Waals surface area (Å²) in [7, 11) is -12.2. The normalized spacial score (nSPS) is 12.1. The predicted molar refractivity (Wildman–Crippen MR) is 353 cm³/mol. The van der Waals surface area contributed by atoms with Crippen molar-refractivity contribution in [1.29, 1.82) is 0 Å². The number of carboxylic acid groups (broad SMARTS) is 1. The third-order valence-electron chi connectivity index (χ3n) is 10.9. The second-order valence-corrected chi connectivity index (χ2v) is 25.5. The van der Waals surface area contributed by atoms with E-state index in [1.54, 1.807) is 77.0 Å². The molecule has 3 heterocycles. The third kappa shape index (κ3) is 43.6. The number of aromatic nitrogens is 3. The smallest absolute Gasteiger partial charge is 0.475 e. The van der Waals surface area contributed by atoms with Crippen LogP contribution in [0, 0.1) is 0 Å². The number of alkyl carbamates (subject to hydrolysis) is 1. The average Bonchev–Trinajstić information content (AvgIpc) is 1.19. The number of nitrogens with two attached hydrogens (primary N) is 2. The lowest BCUT2D eigenvalue weighted by atomic mass is 10.1. The molecular formula is C63H84Cl2F3N6O17P3. The minimum atomic E-state index is -5.08. The number of nitrogens with zero attached hydrogens (tertiary/aromatic N) is 3. The van der Waals surface area contributed by atoms with Crippen molar-refractivity contribution in [1.82, 2.24) is 20.3 Å². The number of halogens is 5. The maximum atomic E-state index is 13.6. The van der Waals surface area contributed by atoms with E-state index in [2.05, 4.69) is 24.8 Å². The third-order valence-corrected chi connectivity index (χ3v) is 14.1. The monoisotopic (exact) mass is 1420 g/mol. The van der Waals surface area contributed by atoms with Crippen molar-refractivity contribution in [2.45, 2.75) is 111 Å². The molecule has 0 aliphatic heterocycles. The summed E-state index contributed by atoms with van der Waals surface area (Å²) in [4.78, 5) is 50.4. The van der Waals surface area contributed by atoms with Crippen molar-refractivity contribution in [3.05, 3.63) is 234 Å². The Balaban J connectivity index is 0.000000674. The number of carbonyl (C=O) groups is 2. The molecule has 9 N–H and O–H groups in total. The van der Waals surface area contributed by atoms with Gasteiger partial charge in [-0.15, -0.1) is 23.2 Å². The Hall–Kier alpha value is -6.35. The molecule has 0 saturated heterocycles. The molecule has 0 saturated carbocycles. The number of benzene rings is 4. The van der Waals surface area contributed by atoms with Crippen LogP contribution in [0.1, 0.15) is 74.1 Å². The van der Waals surface area contributed by atoms with E-state index in [4.69, 9.17) is 91.3 Å². The zero-order valence-corrected chi connectivity index (χ0v) is 55.7. The topological polar surface area (TPSA) is 343 Å². The number of phosphoric ester groups is 3. The highest BCUT2D eigenvalue weighted by atomic mass is 35.5. The van der Waals surface area contributed by atoms with Crippen molar-refractivity contribution in [2.75, 3.05) is 31.8 Å². The Morgan fingerprint density at radius 1 is 0.521 bits per heavy atom. The number of phosphoric acid groups is 3. The van der Waals surface area contributed by atoms with E-state index in [0.29, 0.717) is 19.3 Å². The van der Waals surface area contributed by atoms with E-state index >= 15 is 0 Å². The van der Waals surface area contributed by atoms with Gasteiger partial charge in [-0.2, -0.15) is 13.2 Å². The fourth-order valence-electron chi connectivity index (χ4n) is 6.89. The molecule has 3 atom stereocenters. The van der Waals surface area contributed by atoms with Crippen LogP contribution in [0.2, 0.25) is 0 Å². The first-order valence-corrected chi connectivity index (χ1v) is 33.7. The molecule has 7 rings (SSSR count). The van der Waals surface area contributed by atoms with Gasteiger partial charge in [0.2, 0.25) is 0 Å². The molecular weight excluding hydrogens is 1330 g/mol. The molecule has 4 aromatic carbocycles.